The van der Waals surface area contributed by atoms with Crippen LogP contribution in [0.5, 0.6) is 0 Å². The summed E-state index contributed by atoms with van der Waals surface area (Å²) >= 11 is 5.90. The van der Waals surface area contributed by atoms with Crippen LogP contribution in [0.2, 0.25) is 5.02 Å². The SMILES string of the molecule is O=C1CCCC(S(=O)(=O)c2ccccc2Cl)C1. The van der Waals surface area contributed by atoms with Crippen molar-refractivity contribution in [3.8, 4) is 0 Å². The number of ketones is 1. The number of carbonyl (C=O) groups excluding carboxylic acids is 1. The van der Waals surface area contributed by atoms with Crippen LogP contribution in [0.1, 0.15) is 25.7 Å². The first-order valence-corrected chi connectivity index (χ1v) is 7.44. The van der Waals surface area contributed by atoms with Crippen molar-refractivity contribution >= 4 is 27.2 Å². The van der Waals surface area contributed by atoms with Crippen molar-refractivity contribution in [2.45, 2.75) is 35.8 Å². The molecule has 2 rings (SSSR count). The summed E-state index contributed by atoms with van der Waals surface area (Å²) < 4.78 is 24.6. The quantitative estimate of drug-likeness (QED) is 0.832. The van der Waals surface area contributed by atoms with Crippen LogP contribution in [0, 0.1) is 0 Å². The molecule has 0 aliphatic heterocycles. The summed E-state index contributed by atoms with van der Waals surface area (Å²) in [5.74, 6) is 0.0249. The van der Waals surface area contributed by atoms with E-state index in [9.17, 15) is 13.2 Å². The predicted octanol–water partition coefficient (Wildman–Crippen LogP) is 2.63. The van der Waals surface area contributed by atoms with Crippen molar-refractivity contribution < 1.29 is 13.2 Å². The van der Waals surface area contributed by atoms with Crippen LogP contribution >= 0.6 is 11.6 Å². The van der Waals surface area contributed by atoms with Gasteiger partial charge in [0.1, 0.15) is 5.78 Å². The number of hydrogen-bond donors (Lipinski definition) is 0. The standard InChI is InChI=1S/C12H13ClO3S/c13-11-6-1-2-7-12(11)17(15,16)10-5-3-4-9(14)8-10/h1-2,6-7,10H,3-5,8H2. The van der Waals surface area contributed by atoms with Gasteiger partial charge in [0.25, 0.3) is 0 Å². The van der Waals surface area contributed by atoms with Crippen molar-refractivity contribution in [3.05, 3.63) is 29.3 Å². The molecule has 0 spiro atoms. The lowest BCUT2D eigenvalue weighted by Gasteiger charge is -2.21. The highest BCUT2D eigenvalue weighted by molar-refractivity contribution is 7.92. The number of rotatable bonds is 2. The number of benzene rings is 1. The van der Waals surface area contributed by atoms with Crippen LogP contribution in [-0.4, -0.2) is 19.5 Å². The molecule has 0 radical (unpaired) electrons. The van der Waals surface area contributed by atoms with Crippen molar-refractivity contribution in [1.29, 1.82) is 0 Å². The number of Topliss-reactive ketones (excluding diaryl/α,β-unsaturated/α-hetero) is 1. The maximum atomic E-state index is 12.3. The molecule has 1 unspecified atom stereocenters. The highest BCUT2D eigenvalue weighted by atomic mass is 35.5. The highest BCUT2D eigenvalue weighted by Crippen LogP contribution is 2.30. The molecule has 92 valence electrons. The van der Waals surface area contributed by atoms with Gasteiger partial charge in [0.05, 0.1) is 15.2 Å². The third-order valence-electron chi connectivity index (χ3n) is 3.02. The molecule has 0 aromatic heterocycles. The first kappa shape index (κ1) is 12.6. The zero-order chi connectivity index (χ0) is 12.5. The normalized spacial score (nSPS) is 21.5. The fraction of sp³-hybridized carbons (Fsp3) is 0.417. The van der Waals surface area contributed by atoms with E-state index in [-0.39, 0.29) is 22.1 Å². The minimum Gasteiger partial charge on any atom is -0.300 e. The number of halogens is 1. The van der Waals surface area contributed by atoms with Crippen molar-refractivity contribution in [1.82, 2.24) is 0 Å². The van der Waals surface area contributed by atoms with Crippen LogP contribution in [0.3, 0.4) is 0 Å². The fourth-order valence-electron chi connectivity index (χ4n) is 2.10. The number of sulfone groups is 1. The molecule has 1 fully saturated rings. The molecular weight excluding hydrogens is 260 g/mol. The van der Waals surface area contributed by atoms with Crippen molar-refractivity contribution in [3.63, 3.8) is 0 Å². The first-order chi connectivity index (χ1) is 8.01. The lowest BCUT2D eigenvalue weighted by Crippen LogP contribution is -2.28. The summed E-state index contributed by atoms with van der Waals surface area (Å²) in [6, 6.07) is 6.38. The van der Waals surface area contributed by atoms with Gasteiger partial charge in [0.2, 0.25) is 0 Å². The zero-order valence-electron chi connectivity index (χ0n) is 9.23. The van der Waals surface area contributed by atoms with Gasteiger partial charge in [-0.15, -0.1) is 0 Å². The van der Waals surface area contributed by atoms with E-state index in [1.54, 1.807) is 18.2 Å². The van der Waals surface area contributed by atoms with Crippen molar-refractivity contribution in [2.75, 3.05) is 0 Å². The smallest absolute Gasteiger partial charge is 0.183 e. The van der Waals surface area contributed by atoms with Crippen LogP contribution in [0.25, 0.3) is 0 Å². The lowest BCUT2D eigenvalue weighted by atomic mass is 9.99. The summed E-state index contributed by atoms with van der Waals surface area (Å²) in [6.45, 7) is 0. The molecule has 1 aromatic carbocycles. The Bertz CT molecular complexity index is 536. The van der Waals surface area contributed by atoms with Crippen LogP contribution in [-0.2, 0) is 14.6 Å². The van der Waals surface area contributed by atoms with Gasteiger partial charge >= 0.3 is 0 Å². The molecule has 1 aliphatic rings. The van der Waals surface area contributed by atoms with Gasteiger partial charge in [0.15, 0.2) is 9.84 Å². The topological polar surface area (TPSA) is 51.2 Å². The fourth-order valence-corrected chi connectivity index (χ4v) is 4.41. The Kier molecular flexibility index (Phi) is 3.54. The third kappa shape index (κ3) is 2.53. The molecule has 17 heavy (non-hydrogen) atoms. The molecule has 1 atom stereocenters. The van der Waals surface area contributed by atoms with Gasteiger partial charge in [-0.05, 0) is 25.0 Å². The zero-order valence-corrected chi connectivity index (χ0v) is 10.8. The van der Waals surface area contributed by atoms with Gasteiger partial charge in [0, 0.05) is 12.8 Å². The maximum absolute atomic E-state index is 12.3. The molecule has 1 aromatic rings. The molecule has 1 saturated carbocycles. The second-order valence-corrected chi connectivity index (χ2v) is 6.84. The van der Waals surface area contributed by atoms with E-state index in [2.05, 4.69) is 0 Å². The Hall–Kier alpha value is -0.870. The lowest BCUT2D eigenvalue weighted by molar-refractivity contribution is -0.120. The highest BCUT2D eigenvalue weighted by Gasteiger charge is 2.33. The Morgan fingerprint density at radius 3 is 2.59 bits per heavy atom. The molecule has 0 heterocycles. The Morgan fingerprint density at radius 1 is 1.24 bits per heavy atom. The van der Waals surface area contributed by atoms with E-state index in [0.717, 1.165) is 0 Å². The molecular formula is C12H13ClO3S. The molecule has 0 N–H and O–H groups in total. The summed E-state index contributed by atoms with van der Waals surface area (Å²) in [4.78, 5) is 11.5. The average molecular weight is 273 g/mol. The second-order valence-electron chi connectivity index (χ2n) is 4.23. The first-order valence-electron chi connectivity index (χ1n) is 5.52. The van der Waals surface area contributed by atoms with Gasteiger partial charge in [-0.1, -0.05) is 23.7 Å². The van der Waals surface area contributed by atoms with Crippen LogP contribution in [0.4, 0.5) is 0 Å². The molecule has 0 saturated heterocycles. The Balaban J connectivity index is 2.36. The summed E-state index contributed by atoms with van der Waals surface area (Å²) in [5.41, 5.74) is 0. The minimum atomic E-state index is -3.48. The maximum Gasteiger partial charge on any atom is 0.183 e. The second kappa shape index (κ2) is 4.78. The minimum absolute atomic E-state index is 0.0249. The van der Waals surface area contributed by atoms with E-state index < -0.39 is 15.1 Å². The van der Waals surface area contributed by atoms with E-state index in [1.165, 1.54) is 6.07 Å². The van der Waals surface area contributed by atoms with E-state index in [0.29, 0.717) is 19.3 Å². The van der Waals surface area contributed by atoms with Gasteiger partial charge in [-0.25, -0.2) is 8.42 Å². The van der Waals surface area contributed by atoms with Crippen LogP contribution in [0.15, 0.2) is 29.2 Å². The largest absolute Gasteiger partial charge is 0.300 e. The van der Waals surface area contributed by atoms with Gasteiger partial charge in [-0.2, -0.15) is 0 Å². The number of hydrogen-bond acceptors (Lipinski definition) is 3. The van der Waals surface area contributed by atoms with E-state index in [1.807, 2.05) is 0 Å². The average Bonchev–Trinajstić information content (AvgIpc) is 2.29. The molecule has 0 amide bonds. The number of carbonyl (C=O) groups is 1. The van der Waals surface area contributed by atoms with Crippen LogP contribution < -0.4 is 0 Å². The molecule has 5 heteroatoms. The van der Waals surface area contributed by atoms with E-state index >= 15 is 0 Å². The molecule has 3 nitrogen and oxygen atoms in total. The summed E-state index contributed by atoms with van der Waals surface area (Å²) in [6.07, 6.45) is 1.80. The Morgan fingerprint density at radius 2 is 1.94 bits per heavy atom. The molecule has 1 aliphatic carbocycles. The summed E-state index contributed by atoms with van der Waals surface area (Å²) in [7, 11) is -3.48. The van der Waals surface area contributed by atoms with E-state index in [4.69, 9.17) is 11.6 Å². The monoisotopic (exact) mass is 272 g/mol. The molecule has 0 bridgehead atoms. The predicted molar refractivity (Wildman–Crippen MR) is 65.9 cm³/mol. The van der Waals surface area contributed by atoms with Gasteiger partial charge < -0.3 is 0 Å². The van der Waals surface area contributed by atoms with Crippen molar-refractivity contribution in [2.24, 2.45) is 0 Å². The summed E-state index contributed by atoms with van der Waals surface area (Å²) in [5, 5.41) is -0.380. The Labute approximate surface area is 106 Å². The van der Waals surface area contributed by atoms with Gasteiger partial charge in [-0.3, -0.25) is 4.79 Å². The third-order valence-corrected chi connectivity index (χ3v) is 5.71.